The summed E-state index contributed by atoms with van der Waals surface area (Å²) in [7, 11) is 0. The van der Waals surface area contributed by atoms with Crippen LogP contribution in [0.2, 0.25) is 5.02 Å². The van der Waals surface area contributed by atoms with Gasteiger partial charge < -0.3 is 10.1 Å². The van der Waals surface area contributed by atoms with E-state index in [0.29, 0.717) is 24.1 Å². The predicted molar refractivity (Wildman–Crippen MR) is 80.4 cm³/mol. The fourth-order valence-corrected chi connectivity index (χ4v) is 2.50. The summed E-state index contributed by atoms with van der Waals surface area (Å²) in [5, 5.41) is 7.60. The molecular formula is C14H22ClN3O2. The Morgan fingerprint density at radius 2 is 2.40 bits per heavy atom. The van der Waals surface area contributed by atoms with Crippen LogP contribution in [0.25, 0.3) is 0 Å². The van der Waals surface area contributed by atoms with Gasteiger partial charge in [-0.2, -0.15) is 5.10 Å². The summed E-state index contributed by atoms with van der Waals surface area (Å²) in [5.41, 5.74) is 0.382. The topological polar surface area (TPSA) is 56.1 Å². The molecule has 1 saturated heterocycles. The van der Waals surface area contributed by atoms with Crippen molar-refractivity contribution >= 4 is 17.3 Å². The molecule has 0 radical (unpaired) electrons. The Balaban J connectivity index is 2.01. The fraction of sp³-hybridized carbons (Fsp3) is 0.714. The molecule has 2 heterocycles. The molecule has 0 saturated carbocycles. The molecule has 112 valence electrons. The highest BCUT2D eigenvalue weighted by molar-refractivity contribution is 6.32. The van der Waals surface area contributed by atoms with Crippen molar-refractivity contribution in [3.8, 4) is 0 Å². The monoisotopic (exact) mass is 299 g/mol. The Morgan fingerprint density at radius 3 is 3.05 bits per heavy atom. The average molecular weight is 300 g/mol. The maximum atomic E-state index is 12.1. The van der Waals surface area contributed by atoms with E-state index in [1.54, 1.807) is 6.20 Å². The van der Waals surface area contributed by atoms with E-state index < -0.39 is 0 Å². The van der Waals surface area contributed by atoms with Crippen molar-refractivity contribution in [2.75, 3.05) is 25.1 Å². The molecule has 1 aromatic heterocycles. The molecular weight excluding hydrogens is 278 g/mol. The average Bonchev–Trinajstić information content (AvgIpc) is 2.44. The number of halogens is 1. The first-order valence-corrected chi connectivity index (χ1v) is 7.53. The van der Waals surface area contributed by atoms with E-state index in [1.165, 1.54) is 4.68 Å². The molecule has 1 aromatic rings. The molecule has 1 N–H and O–H groups in total. The quantitative estimate of drug-likeness (QED) is 0.907. The molecule has 0 spiro atoms. The summed E-state index contributed by atoms with van der Waals surface area (Å²) < 4.78 is 6.85. The maximum Gasteiger partial charge on any atom is 0.287 e. The molecule has 0 bridgehead atoms. The molecule has 1 aliphatic rings. The van der Waals surface area contributed by atoms with Crippen LogP contribution in [-0.4, -0.2) is 29.5 Å². The molecule has 1 unspecified atom stereocenters. The van der Waals surface area contributed by atoms with Crippen LogP contribution < -0.4 is 10.9 Å². The van der Waals surface area contributed by atoms with E-state index in [-0.39, 0.29) is 10.6 Å². The van der Waals surface area contributed by atoms with Gasteiger partial charge in [-0.1, -0.05) is 25.4 Å². The predicted octanol–water partition coefficient (Wildman–Crippen LogP) is 2.39. The summed E-state index contributed by atoms with van der Waals surface area (Å²) in [4.78, 5) is 12.1. The van der Waals surface area contributed by atoms with E-state index >= 15 is 0 Å². The highest BCUT2D eigenvalue weighted by atomic mass is 35.5. The van der Waals surface area contributed by atoms with Crippen LogP contribution in [0.3, 0.4) is 0 Å². The third kappa shape index (κ3) is 3.96. The van der Waals surface area contributed by atoms with Crippen molar-refractivity contribution in [3.63, 3.8) is 0 Å². The number of anilines is 1. The van der Waals surface area contributed by atoms with Crippen molar-refractivity contribution in [2.24, 2.45) is 11.8 Å². The Morgan fingerprint density at radius 1 is 1.60 bits per heavy atom. The minimum Gasteiger partial charge on any atom is -0.382 e. The number of rotatable bonds is 5. The molecule has 0 aromatic carbocycles. The summed E-state index contributed by atoms with van der Waals surface area (Å²) in [6.07, 6.45) is 3.87. The van der Waals surface area contributed by atoms with E-state index in [9.17, 15) is 4.79 Å². The first kappa shape index (κ1) is 15.3. The first-order chi connectivity index (χ1) is 9.58. The van der Waals surface area contributed by atoms with E-state index in [2.05, 4.69) is 10.4 Å². The second kappa shape index (κ2) is 7.09. The molecule has 2 rings (SSSR count). The van der Waals surface area contributed by atoms with Gasteiger partial charge in [0.2, 0.25) is 0 Å². The Kier molecular flexibility index (Phi) is 5.43. The van der Waals surface area contributed by atoms with Crippen molar-refractivity contribution in [3.05, 3.63) is 21.6 Å². The van der Waals surface area contributed by atoms with Crippen molar-refractivity contribution in [2.45, 2.75) is 33.2 Å². The summed E-state index contributed by atoms with van der Waals surface area (Å²) in [6, 6.07) is 0. The van der Waals surface area contributed by atoms with Crippen LogP contribution in [0.4, 0.5) is 5.69 Å². The van der Waals surface area contributed by atoms with Crippen LogP contribution in [0.1, 0.15) is 26.7 Å². The summed E-state index contributed by atoms with van der Waals surface area (Å²) in [6.45, 7) is 7.03. The standard InChI is InChI=1S/C14H22ClN3O2/c1-10(2)8-18-14(19)13(15)12(7-17-18)16-6-11-4-3-5-20-9-11/h7,10-11,16H,3-6,8-9H2,1-2H3. The number of aromatic nitrogens is 2. The van der Waals surface area contributed by atoms with Gasteiger partial charge in [-0.3, -0.25) is 4.79 Å². The van der Waals surface area contributed by atoms with Gasteiger partial charge in [-0.05, 0) is 24.7 Å². The van der Waals surface area contributed by atoms with Gasteiger partial charge in [0.05, 0.1) is 18.5 Å². The van der Waals surface area contributed by atoms with Crippen molar-refractivity contribution < 1.29 is 4.74 Å². The minimum absolute atomic E-state index is 0.220. The minimum atomic E-state index is -0.231. The SMILES string of the molecule is CC(C)Cn1ncc(NCC2CCCOC2)c(Cl)c1=O. The summed E-state index contributed by atoms with van der Waals surface area (Å²) in [5.74, 6) is 0.826. The zero-order valence-electron chi connectivity index (χ0n) is 12.1. The van der Waals surface area contributed by atoms with Gasteiger partial charge >= 0.3 is 0 Å². The van der Waals surface area contributed by atoms with E-state index in [0.717, 1.165) is 32.6 Å². The second-order valence-corrected chi connectivity index (χ2v) is 6.10. The Labute approximate surface area is 124 Å². The molecule has 6 heteroatoms. The number of nitrogens with zero attached hydrogens (tertiary/aromatic N) is 2. The van der Waals surface area contributed by atoms with Gasteiger partial charge in [-0.25, -0.2) is 4.68 Å². The Bertz CT molecular complexity index is 496. The van der Waals surface area contributed by atoms with Gasteiger partial charge in [0, 0.05) is 19.7 Å². The van der Waals surface area contributed by atoms with Crippen LogP contribution in [0, 0.1) is 11.8 Å². The smallest absolute Gasteiger partial charge is 0.287 e. The van der Waals surface area contributed by atoms with E-state index in [4.69, 9.17) is 16.3 Å². The first-order valence-electron chi connectivity index (χ1n) is 7.15. The fourth-order valence-electron chi connectivity index (χ4n) is 2.29. The maximum absolute atomic E-state index is 12.1. The molecule has 20 heavy (non-hydrogen) atoms. The lowest BCUT2D eigenvalue weighted by molar-refractivity contribution is 0.0595. The van der Waals surface area contributed by atoms with Crippen LogP contribution >= 0.6 is 11.6 Å². The lowest BCUT2D eigenvalue weighted by Crippen LogP contribution is -2.28. The van der Waals surface area contributed by atoms with Gasteiger partial charge in [0.1, 0.15) is 5.02 Å². The van der Waals surface area contributed by atoms with Gasteiger partial charge in [0.15, 0.2) is 0 Å². The van der Waals surface area contributed by atoms with Gasteiger partial charge in [0.25, 0.3) is 5.56 Å². The lowest BCUT2D eigenvalue weighted by Gasteiger charge is -2.22. The normalized spacial score (nSPS) is 19.3. The molecule has 5 nitrogen and oxygen atoms in total. The molecule has 1 aliphatic heterocycles. The van der Waals surface area contributed by atoms with E-state index in [1.807, 2.05) is 13.8 Å². The Hall–Kier alpha value is -1.07. The molecule has 1 fully saturated rings. The number of nitrogens with one attached hydrogen (secondary N) is 1. The van der Waals surface area contributed by atoms with Crippen LogP contribution in [0.15, 0.2) is 11.0 Å². The third-order valence-corrected chi connectivity index (χ3v) is 3.72. The zero-order chi connectivity index (χ0) is 14.5. The second-order valence-electron chi connectivity index (χ2n) is 5.72. The van der Waals surface area contributed by atoms with Gasteiger partial charge in [-0.15, -0.1) is 0 Å². The largest absolute Gasteiger partial charge is 0.382 e. The number of hydrogen-bond donors (Lipinski definition) is 1. The number of ether oxygens (including phenoxy) is 1. The number of hydrogen-bond acceptors (Lipinski definition) is 4. The van der Waals surface area contributed by atoms with Crippen LogP contribution in [-0.2, 0) is 11.3 Å². The molecule has 0 amide bonds. The van der Waals surface area contributed by atoms with Crippen molar-refractivity contribution in [1.82, 2.24) is 9.78 Å². The van der Waals surface area contributed by atoms with Crippen LogP contribution in [0.5, 0.6) is 0 Å². The third-order valence-electron chi connectivity index (χ3n) is 3.36. The summed E-state index contributed by atoms with van der Waals surface area (Å²) >= 11 is 6.13. The molecule has 1 atom stereocenters. The zero-order valence-corrected chi connectivity index (χ0v) is 12.8. The highest BCUT2D eigenvalue weighted by Gasteiger charge is 2.15. The highest BCUT2D eigenvalue weighted by Crippen LogP contribution is 2.18. The van der Waals surface area contributed by atoms with Crippen molar-refractivity contribution in [1.29, 1.82) is 0 Å². The lowest BCUT2D eigenvalue weighted by atomic mass is 10.0. The molecule has 0 aliphatic carbocycles.